The number of rotatable bonds is 7. The second-order valence-corrected chi connectivity index (χ2v) is 4.43. The summed E-state index contributed by atoms with van der Waals surface area (Å²) in [5, 5.41) is 0. The molecule has 2 rings (SSSR count). The highest BCUT2D eigenvalue weighted by Crippen LogP contribution is 2.30. The van der Waals surface area contributed by atoms with Crippen molar-refractivity contribution in [1.29, 1.82) is 0 Å². The van der Waals surface area contributed by atoms with Crippen LogP contribution in [-0.4, -0.2) is 20.3 Å². The van der Waals surface area contributed by atoms with Gasteiger partial charge in [0.1, 0.15) is 29.9 Å². The molecule has 1 atom stereocenters. The summed E-state index contributed by atoms with van der Waals surface area (Å²) < 4.78 is 16.4. The molecule has 0 aliphatic rings. The fraction of sp³-hybridized carbons (Fsp3) is 0.333. The number of benzene rings is 1. The number of hydrazine groups is 1. The predicted octanol–water partition coefficient (Wildman–Crippen LogP) is 2.17. The van der Waals surface area contributed by atoms with E-state index in [1.807, 2.05) is 43.3 Å². The topological polar surface area (TPSA) is 69.7 Å². The molecule has 20 heavy (non-hydrogen) atoms. The van der Waals surface area contributed by atoms with E-state index >= 15 is 0 Å². The standard InChI is InChI=1S/C15H20N2O3/c1-11-7-8-14(20-11)15(17-16)12-5-3-4-6-13(12)19-10-9-18-2/h3-8,15,17H,9-10,16H2,1-2H3. The first-order chi connectivity index (χ1) is 9.76. The monoisotopic (exact) mass is 276 g/mol. The van der Waals surface area contributed by atoms with Gasteiger partial charge in [-0.1, -0.05) is 18.2 Å². The van der Waals surface area contributed by atoms with Crippen LogP contribution < -0.4 is 16.0 Å². The first kappa shape index (κ1) is 14.6. The summed E-state index contributed by atoms with van der Waals surface area (Å²) in [5.41, 5.74) is 3.70. The van der Waals surface area contributed by atoms with Gasteiger partial charge in [0.15, 0.2) is 0 Å². The fourth-order valence-corrected chi connectivity index (χ4v) is 2.02. The molecule has 0 saturated carbocycles. The number of furan rings is 1. The van der Waals surface area contributed by atoms with Gasteiger partial charge in [0.25, 0.3) is 0 Å². The molecule has 0 bridgehead atoms. The summed E-state index contributed by atoms with van der Waals surface area (Å²) in [6, 6.07) is 11.3. The van der Waals surface area contributed by atoms with Crippen molar-refractivity contribution in [2.45, 2.75) is 13.0 Å². The zero-order valence-corrected chi connectivity index (χ0v) is 11.8. The second kappa shape index (κ2) is 7.09. The molecule has 1 aromatic carbocycles. The molecular weight excluding hydrogens is 256 g/mol. The van der Waals surface area contributed by atoms with E-state index in [4.69, 9.17) is 19.7 Å². The molecule has 5 nitrogen and oxygen atoms in total. The molecular formula is C15H20N2O3. The molecule has 0 aliphatic heterocycles. The van der Waals surface area contributed by atoms with E-state index in [9.17, 15) is 0 Å². The van der Waals surface area contributed by atoms with Crippen molar-refractivity contribution in [3.8, 4) is 5.75 Å². The molecule has 0 saturated heterocycles. The van der Waals surface area contributed by atoms with Crippen LogP contribution in [0.1, 0.15) is 23.1 Å². The van der Waals surface area contributed by atoms with Gasteiger partial charge in [-0.3, -0.25) is 5.84 Å². The highest BCUT2D eigenvalue weighted by molar-refractivity contribution is 5.39. The van der Waals surface area contributed by atoms with E-state index in [0.717, 1.165) is 22.8 Å². The van der Waals surface area contributed by atoms with Crippen molar-refractivity contribution in [3.05, 3.63) is 53.5 Å². The lowest BCUT2D eigenvalue weighted by Gasteiger charge is -2.18. The lowest BCUT2D eigenvalue weighted by Crippen LogP contribution is -2.29. The Bertz CT molecular complexity index is 539. The summed E-state index contributed by atoms with van der Waals surface area (Å²) in [4.78, 5) is 0. The van der Waals surface area contributed by atoms with Crippen LogP contribution in [0, 0.1) is 6.92 Å². The highest BCUT2D eigenvalue weighted by atomic mass is 16.5. The number of methoxy groups -OCH3 is 1. The predicted molar refractivity (Wildman–Crippen MR) is 76.4 cm³/mol. The second-order valence-electron chi connectivity index (χ2n) is 4.43. The number of nitrogens with two attached hydrogens (primary N) is 1. The smallest absolute Gasteiger partial charge is 0.127 e. The van der Waals surface area contributed by atoms with Crippen molar-refractivity contribution in [3.63, 3.8) is 0 Å². The van der Waals surface area contributed by atoms with E-state index < -0.39 is 0 Å². The lowest BCUT2D eigenvalue weighted by molar-refractivity contribution is 0.145. The third-order valence-corrected chi connectivity index (χ3v) is 2.99. The van der Waals surface area contributed by atoms with Gasteiger partial charge in [0.2, 0.25) is 0 Å². The van der Waals surface area contributed by atoms with Gasteiger partial charge in [0, 0.05) is 12.7 Å². The van der Waals surface area contributed by atoms with E-state index in [1.165, 1.54) is 0 Å². The molecule has 1 aromatic heterocycles. The van der Waals surface area contributed by atoms with Gasteiger partial charge in [-0.2, -0.15) is 0 Å². The van der Waals surface area contributed by atoms with Gasteiger partial charge in [-0.15, -0.1) is 0 Å². The Kier molecular flexibility index (Phi) is 5.17. The van der Waals surface area contributed by atoms with Gasteiger partial charge < -0.3 is 13.9 Å². The Labute approximate surface area is 118 Å². The maximum absolute atomic E-state index is 5.73. The third-order valence-electron chi connectivity index (χ3n) is 2.99. The highest BCUT2D eigenvalue weighted by Gasteiger charge is 2.19. The van der Waals surface area contributed by atoms with Crippen LogP contribution in [0.4, 0.5) is 0 Å². The summed E-state index contributed by atoms with van der Waals surface area (Å²) in [5.74, 6) is 8.05. The van der Waals surface area contributed by atoms with Crippen molar-refractivity contribution >= 4 is 0 Å². The van der Waals surface area contributed by atoms with Crippen LogP contribution >= 0.6 is 0 Å². The molecule has 0 fully saturated rings. The van der Waals surface area contributed by atoms with Gasteiger partial charge in [-0.05, 0) is 25.1 Å². The molecule has 0 aliphatic carbocycles. The molecule has 1 unspecified atom stereocenters. The third kappa shape index (κ3) is 3.39. The Balaban J connectivity index is 2.25. The van der Waals surface area contributed by atoms with E-state index in [1.54, 1.807) is 7.11 Å². The molecule has 0 radical (unpaired) electrons. The summed E-state index contributed by atoms with van der Waals surface area (Å²) in [6.45, 7) is 2.93. The average Bonchev–Trinajstić information content (AvgIpc) is 2.88. The van der Waals surface area contributed by atoms with E-state index in [2.05, 4.69) is 5.43 Å². The summed E-state index contributed by atoms with van der Waals surface area (Å²) in [6.07, 6.45) is 0. The lowest BCUT2D eigenvalue weighted by atomic mass is 10.0. The zero-order chi connectivity index (χ0) is 14.4. The maximum atomic E-state index is 5.73. The zero-order valence-electron chi connectivity index (χ0n) is 11.8. The summed E-state index contributed by atoms with van der Waals surface area (Å²) in [7, 11) is 1.64. The molecule has 5 heteroatoms. The van der Waals surface area contributed by atoms with Crippen LogP contribution in [0.5, 0.6) is 5.75 Å². The van der Waals surface area contributed by atoms with Crippen LogP contribution in [0.3, 0.4) is 0 Å². The largest absolute Gasteiger partial charge is 0.491 e. The van der Waals surface area contributed by atoms with E-state index in [0.29, 0.717) is 13.2 Å². The van der Waals surface area contributed by atoms with Gasteiger partial charge in [0.05, 0.1) is 6.61 Å². The molecule has 108 valence electrons. The van der Waals surface area contributed by atoms with Crippen molar-refractivity contribution < 1.29 is 13.9 Å². The quantitative estimate of drug-likeness (QED) is 0.461. The molecule has 0 amide bonds. The Morgan fingerprint density at radius 1 is 1.20 bits per heavy atom. The summed E-state index contributed by atoms with van der Waals surface area (Å²) >= 11 is 0. The fourth-order valence-electron chi connectivity index (χ4n) is 2.02. The van der Waals surface area contributed by atoms with Crippen molar-refractivity contribution in [2.75, 3.05) is 20.3 Å². The van der Waals surface area contributed by atoms with Gasteiger partial charge in [-0.25, -0.2) is 5.43 Å². The minimum absolute atomic E-state index is 0.248. The maximum Gasteiger partial charge on any atom is 0.127 e. The SMILES string of the molecule is COCCOc1ccccc1C(NN)c1ccc(C)o1. The van der Waals surface area contributed by atoms with E-state index in [-0.39, 0.29) is 6.04 Å². The first-order valence-electron chi connectivity index (χ1n) is 6.49. The molecule has 3 N–H and O–H groups in total. The minimum Gasteiger partial charge on any atom is -0.491 e. The number of para-hydroxylation sites is 1. The number of ether oxygens (including phenoxy) is 2. The number of aryl methyl sites for hydroxylation is 1. The normalized spacial score (nSPS) is 12.3. The Hall–Kier alpha value is -1.82. The van der Waals surface area contributed by atoms with Gasteiger partial charge >= 0.3 is 0 Å². The number of hydrogen-bond donors (Lipinski definition) is 2. The average molecular weight is 276 g/mol. The van der Waals surface area contributed by atoms with Crippen LogP contribution in [-0.2, 0) is 4.74 Å². The van der Waals surface area contributed by atoms with Crippen LogP contribution in [0.25, 0.3) is 0 Å². The van der Waals surface area contributed by atoms with Crippen LogP contribution in [0.15, 0.2) is 40.8 Å². The minimum atomic E-state index is -0.248. The Morgan fingerprint density at radius 3 is 2.65 bits per heavy atom. The van der Waals surface area contributed by atoms with Crippen molar-refractivity contribution in [1.82, 2.24) is 5.43 Å². The first-order valence-corrected chi connectivity index (χ1v) is 6.49. The number of nitrogens with one attached hydrogen (secondary N) is 1. The molecule has 2 aromatic rings. The van der Waals surface area contributed by atoms with Crippen molar-refractivity contribution in [2.24, 2.45) is 5.84 Å². The molecule has 0 spiro atoms. The Morgan fingerprint density at radius 2 is 2.00 bits per heavy atom. The van der Waals surface area contributed by atoms with Crippen LogP contribution in [0.2, 0.25) is 0 Å². The number of hydrogen-bond acceptors (Lipinski definition) is 5. The molecule has 1 heterocycles.